The summed E-state index contributed by atoms with van der Waals surface area (Å²) in [4.78, 5) is 16.3. The molecule has 6 heteroatoms. The number of halogens is 2. The minimum Gasteiger partial charge on any atom is -0.386 e. The van der Waals surface area contributed by atoms with Crippen molar-refractivity contribution >= 4 is 34.7 Å². The first-order chi connectivity index (χ1) is 10.1. The number of hydrogen-bond donors (Lipinski definition) is 2. The molecule has 0 unspecified atom stereocenters. The molecule has 2 rings (SSSR count). The average molecular weight is 306 g/mol. The zero-order chi connectivity index (χ0) is 15.2. The zero-order valence-corrected chi connectivity index (χ0v) is 11.8. The highest BCUT2D eigenvalue weighted by Crippen LogP contribution is 2.20. The number of hydrogen-bond acceptors (Lipinski definition) is 2. The van der Waals surface area contributed by atoms with E-state index in [4.69, 9.17) is 17.3 Å². The molecule has 4 nitrogen and oxygen atoms in total. The Morgan fingerprint density at radius 3 is 2.52 bits per heavy atom. The van der Waals surface area contributed by atoms with E-state index in [1.54, 1.807) is 24.3 Å². The lowest BCUT2D eigenvalue weighted by atomic mass is 10.1. The van der Waals surface area contributed by atoms with E-state index in [1.807, 2.05) is 0 Å². The van der Waals surface area contributed by atoms with E-state index in [9.17, 15) is 9.18 Å². The van der Waals surface area contributed by atoms with Crippen molar-refractivity contribution in [1.82, 2.24) is 0 Å². The summed E-state index contributed by atoms with van der Waals surface area (Å²) in [7, 11) is 0. The van der Waals surface area contributed by atoms with Crippen LogP contribution in [0.3, 0.4) is 0 Å². The molecule has 0 aromatic heterocycles. The lowest BCUT2D eigenvalue weighted by Crippen LogP contribution is -2.15. The summed E-state index contributed by atoms with van der Waals surface area (Å²) in [5, 5.41) is 2.67. The van der Waals surface area contributed by atoms with Crippen LogP contribution in [0.5, 0.6) is 0 Å². The van der Waals surface area contributed by atoms with Crippen LogP contribution in [-0.2, 0) is 0 Å². The number of carbonyl (C=O) groups is 1. The molecule has 1 amide bonds. The highest BCUT2D eigenvalue weighted by molar-refractivity contribution is 6.28. The molecule has 2 aromatic rings. The number of para-hydroxylation sites is 1. The molecule has 3 N–H and O–H groups in total. The molecule has 0 atom stereocenters. The second-order valence-corrected chi connectivity index (χ2v) is 4.48. The normalized spacial score (nSPS) is 11.2. The van der Waals surface area contributed by atoms with Gasteiger partial charge in [-0.25, -0.2) is 9.38 Å². The molecule has 0 aliphatic carbocycles. The molecular formula is C15H13ClFN3O. The molecule has 0 saturated carbocycles. The molecular weight excluding hydrogens is 293 g/mol. The largest absolute Gasteiger partial charge is 0.386 e. The standard InChI is InChI=1S/C15H13ClFN3O/c16-9-14(18)20-13-4-2-1-3-12(13)15(21)19-11-7-5-10(17)6-8-11/h1-8H,9H2,(H2,18,20)(H,19,21). The van der Waals surface area contributed by atoms with Crippen LogP contribution >= 0.6 is 11.6 Å². The third-order valence-electron chi connectivity index (χ3n) is 2.65. The monoisotopic (exact) mass is 305 g/mol. The van der Waals surface area contributed by atoms with E-state index < -0.39 is 0 Å². The molecule has 0 spiro atoms. The van der Waals surface area contributed by atoms with Crippen molar-refractivity contribution < 1.29 is 9.18 Å². The lowest BCUT2D eigenvalue weighted by molar-refractivity contribution is 0.102. The molecule has 0 saturated heterocycles. The maximum absolute atomic E-state index is 12.8. The zero-order valence-electron chi connectivity index (χ0n) is 11.0. The Labute approximate surface area is 126 Å². The number of nitrogens with two attached hydrogens (primary N) is 1. The van der Waals surface area contributed by atoms with Crippen molar-refractivity contribution in [3.8, 4) is 0 Å². The van der Waals surface area contributed by atoms with Crippen LogP contribution in [0.1, 0.15) is 10.4 Å². The number of nitrogens with one attached hydrogen (secondary N) is 1. The third-order valence-corrected chi connectivity index (χ3v) is 2.93. The first-order valence-corrected chi connectivity index (χ1v) is 6.68. The van der Waals surface area contributed by atoms with Gasteiger partial charge in [0.1, 0.15) is 11.7 Å². The van der Waals surface area contributed by atoms with Crippen LogP contribution < -0.4 is 11.1 Å². The Morgan fingerprint density at radius 2 is 1.86 bits per heavy atom. The van der Waals surface area contributed by atoms with Gasteiger partial charge in [-0.05, 0) is 36.4 Å². The highest BCUT2D eigenvalue weighted by atomic mass is 35.5. The fraction of sp³-hybridized carbons (Fsp3) is 0.0667. The predicted molar refractivity (Wildman–Crippen MR) is 82.8 cm³/mol. The van der Waals surface area contributed by atoms with Crippen molar-refractivity contribution in [2.45, 2.75) is 0 Å². The molecule has 0 heterocycles. The maximum Gasteiger partial charge on any atom is 0.257 e. The van der Waals surface area contributed by atoms with Crippen molar-refractivity contribution in [2.24, 2.45) is 10.7 Å². The topological polar surface area (TPSA) is 67.5 Å². The number of alkyl halides is 1. The first kappa shape index (κ1) is 15.0. The van der Waals surface area contributed by atoms with E-state index in [0.29, 0.717) is 16.9 Å². The summed E-state index contributed by atoms with van der Waals surface area (Å²) >= 11 is 5.59. The van der Waals surface area contributed by atoms with E-state index >= 15 is 0 Å². The van der Waals surface area contributed by atoms with Gasteiger partial charge in [-0.15, -0.1) is 11.6 Å². The minimum atomic E-state index is -0.368. The summed E-state index contributed by atoms with van der Waals surface area (Å²) in [6, 6.07) is 12.2. The van der Waals surface area contributed by atoms with Gasteiger partial charge < -0.3 is 11.1 Å². The van der Waals surface area contributed by atoms with Crippen molar-refractivity contribution in [2.75, 3.05) is 11.2 Å². The van der Waals surface area contributed by atoms with E-state index in [1.165, 1.54) is 24.3 Å². The Bertz CT molecular complexity index is 671. The third kappa shape index (κ3) is 4.03. The fourth-order valence-electron chi connectivity index (χ4n) is 1.68. The molecule has 0 bridgehead atoms. The molecule has 21 heavy (non-hydrogen) atoms. The smallest absolute Gasteiger partial charge is 0.257 e. The second-order valence-electron chi connectivity index (χ2n) is 4.21. The van der Waals surface area contributed by atoms with Crippen molar-refractivity contribution in [1.29, 1.82) is 0 Å². The lowest BCUT2D eigenvalue weighted by Gasteiger charge is -2.08. The summed E-state index contributed by atoms with van der Waals surface area (Å²) in [5.74, 6) is -0.427. The average Bonchev–Trinajstić information content (AvgIpc) is 2.50. The van der Waals surface area contributed by atoms with E-state index in [2.05, 4.69) is 10.3 Å². The van der Waals surface area contributed by atoms with Gasteiger partial charge in [0.15, 0.2) is 0 Å². The SMILES string of the molecule is NC(CCl)=Nc1ccccc1C(=O)Nc1ccc(F)cc1. The number of carbonyl (C=O) groups excluding carboxylic acids is 1. The Hall–Kier alpha value is -2.40. The number of amides is 1. The Kier molecular flexibility index (Phi) is 4.90. The van der Waals surface area contributed by atoms with Crippen LogP contribution in [0.4, 0.5) is 15.8 Å². The number of nitrogens with zero attached hydrogens (tertiary/aromatic N) is 1. The minimum absolute atomic E-state index is 0.0773. The number of anilines is 1. The summed E-state index contributed by atoms with van der Waals surface area (Å²) in [6.07, 6.45) is 0. The highest BCUT2D eigenvalue weighted by Gasteiger charge is 2.11. The van der Waals surface area contributed by atoms with Gasteiger partial charge in [-0.3, -0.25) is 4.79 Å². The number of amidine groups is 1. The molecule has 108 valence electrons. The summed E-state index contributed by atoms with van der Waals surface area (Å²) in [6.45, 7) is 0. The van der Waals surface area contributed by atoms with Gasteiger partial charge in [-0.2, -0.15) is 0 Å². The molecule has 0 fully saturated rings. The van der Waals surface area contributed by atoms with Gasteiger partial charge in [0.05, 0.1) is 17.1 Å². The van der Waals surface area contributed by atoms with Gasteiger partial charge in [0.25, 0.3) is 5.91 Å². The van der Waals surface area contributed by atoms with Gasteiger partial charge in [0, 0.05) is 5.69 Å². The number of rotatable bonds is 4. The fourth-order valence-corrected chi connectivity index (χ4v) is 1.74. The van der Waals surface area contributed by atoms with Gasteiger partial charge in [0.2, 0.25) is 0 Å². The van der Waals surface area contributed by atoms with Crippen molar-refractivity contribution in [3.63, 3.8) is 0 Å². The van der Waals surface area contributed by atoms with Crippen LogP contribution in [0.25, 0.3) is 0 Å². The maximum atomic E-state index is 12.8. The van der Waals surface area contributed by atoms with Crippen molar-refractivity contribution in [3.05, 3.63) is 59.9 Å². The summed E-state index contributed by atoms with van der Waals surface area (Å²) < 4.78 is 12.8. The Morgan fingerprint density at radius 1 is 1.19 bits per heavy atom. The first-order valence-electron chi connectivity index (χ1n) is 6.15. The second kappa shape index (κ2) is 6.85. The van der Waals surface area contributed by atoms with E-state index in [0.717, 1.165) is 0 Å². The number of aliphatic imine (C=N–C) groups is 1. The predicted octanol–water partition coefficient (Wildman–Crippen LogP) is 3.31. The molecule has 0 radical (unpaired) electrons. The van der Waals surface area contributed by atoms with Gasteiger partial charge in [-0.1, -0.05) is 12.1 Å². The van der Waals surface area contributed by atoms with Crippen LogP contribution in [-0.4, -0.2) is 17.6 Å². The Balaban J connectivity index is 2.25. The molecule has 0 aliphatic heterocycles. The van der Waals surface area contributed by atoms with Crippen LogP contribution in [0.2, 0.25) is 0 Å². The van der Waals surface area contributed by atoms with Crippen LogP contribution in [0.15, 0.2) is 53.5 Å². The summed E-state index contributed by atoms with van der Waals surface area (Å²) in [5.41, 5.74) is 6.86. The van der Waals surface area contributed by atoms with Gasteiger partial charge >= 0.3 is 0 Å². The molecule has 2 aromatic carbocycles. The number of benzene rings is 2. The van der Waals surface area contributed by atoms with Crippen LogP contribution in [0, 0.1) is 5.82 Å². The quantitative estimate of drug-likeness (QED) is 0.517. The van der Waals surface area contributed by atoms with E-state index in [-0.39, 0.29) is 23.4 Å². The molecule has 0 aliphatic rings.